The van der Waals surface area contributed by atoms with Crippen LogP contribution in [0.1, 0.15) is 26.7 Å². The summed E-state index contributed by atoms with van der Waals surface area (Å²) in [4.78, 5) is 16.6. The minimum atomic E-state index is -0.471. The Labute approximate surface area is 111 Å². The number of carbonyl (C=O) groups is 1. The van der Waals surface area contributed by atoms with Crippen molar-refractivity contribution < 1.29 is 9.53 Å². The molecule has 0 N–H and O–H groups in total. The second-order valence-corrected chi connectivity index (χ2v) is 6.29. The van der Waals surface area contributed by atoms with Crippen LogP contribution in [0.3, 0.4) is 0 Å². The summed E-state index contributed by atoms with van der Waals surface area (Å²) in [7, 11) is 7.75. The third-order valence-electron chi connectivity index (χ3n) is 4.11. The Kier molecular flexibility index (Phi) is 5.17. The van der Waals surface area contributed by atoms with Crippen molar-refractivity contribution in [2.75, 3.05) is 41.3 Å². The third-order valence-corrected chi connectivity index (χ3v) is 4.11. The van der Waals surface area contributed by atoms with Crippen LogP contribution in [0.25, 0.3) is 0 Å². The van der Waals surface area contributed by atoms with E-state index in [0.717, 1.165) is 13.1 Å². The van der Waals surface area contributed by atoms with Crippen molar-refractivity contribution in [3.63, 3.8) is 0 Å². The van der Waals surface area contributed by atoms with E-state index in [1.165, 1.54) is 20.0 Å². The van der Waals surface area contributed by atoms with E-state index >= 15 is 0 Å². The molecule has 1 fully saturated rings. The van der Waals surface area contributed by atoms with Gasteiger partial charge in [-0.25, -0.2) is 0 Å². The van der Waals surface area contributed by atoms with Gasteiger partial charge in [0.2, 0.25) is 0 Å². The summed E-state index contributed by atoms with van der Waals surface area (Å²) in [5, 5.41) is 0. The highest BCUT2D eigenvalue weighted by molar-refractivity contribution is 5.76. The van der Waals surface area contributed by atoms with Crippen molar-refractivity contribution in [1.82, 2.24) is 9.80 Å². The monoisotopic (exact) mass is 256 g/mol. The number of hydrogen-bond acceptors (Lipinski definition) is 4. The summed E-state index contributed by atoms with van der Waals surface area (Å²) in [5.74, 6) is 0.405. The molecule has 2 unspecified atom stereocenters. The summed E-state index contributed by atoms with van der Waals surface area (Å²) in [6.07, 6.45) is 2.40. The molecule has 106 valence electrons. The molecule has 0 saturated carbocycles. The minimum absolute atomic E-state index is 0.116. The van der Waals surface area contributed by atoms with E-state index in [1.54, 1.807) is 0 Å². The van der Waals surface area contributed by atoms with E-state index in [9.17, 15) is 4.79 Å². The number of methoxy groups -OCH3 is 1. The molecule has 1 heterocycles. The van der Waals surface area contributed by atoms with E-state index in [4.69, 9.17) is 4.74 Å². The van der Waals surface area contributed by atoms with Gasteiger partial charge in [0.25, 0.3) is 0 Å². The Hall–Kier alpha value is -0.610. The lowest BCUT2D eigenvalue weighted by atomic mass is 9.74. The third kappa shape index (κ3) is 3.23. The first-order valence-electron chi connectivity index (χ1n) is 6.74. The Bertz CT molecular complexity index is 290. The van der Waals surface area contributed by atoms with Crippen molar-refractivity contribution in [1.29, 1.82) is 0 Å². The van der Waals surface area contributed by atoms with Crippen LogP contribution in [0, 0.1) is 11.3 Å². The molecule has 1 aliphatic heterocycles. The first-order chi connectivity index (χ1) is 8.30. The Morgan fingerprint density at radius 2 is 2.06 bits per heavy atom. The fourth-order valence-electron chi connectivity index (χ4n) is 3.50. The van der Waals surface area contributed by atoms with Crippen LogP contribution < -0.4 is 0 Å². The maximum absolute atomic E-state index is 12.0. The lowest BCUT2D eigenvalue weighted by Crippen LogP contribution is -2.54. The highest BCUT2D eigenvalue weighted by Gasteiger charge is 2.44. The van der Waals surface area contributed by atoms with Crippen LogP contribution in [-0.4, -0.2) is 63.2 Å². The van der Waals surface area contributed by atoms with E-state index in [0.29, 0.717) is 5.92 Å². The Morgan fingerprint density at radius 3 is 2.50 bits per heavy atom. The van der Waals surface area contributed by atoms with Crippen molar-refractivity contribution >= 4 is 5.97 Å². The molecule has 4 nitrogen and oxygen atoms in total. The smallest absolute Gasteiger partial charge is 0.312 e. The van der Waals surface area contributed by atoms with Gasteiger partial charge in [-0.15, -0.1) is 0 Å². The highest BCUT2D eigenvalue weighted by Crippen LogP contribution is 2.34. The molecule has 1 saturated heterocycles. The van der Waals surface area contributed by atoms with E-state index in [-0.39, 0.29) is 12.0 Å². The minimum Gasteiger partial charge on any atom is -0.469 e. The van der Waals surface area contributed by atoms with Gasteiger partial charge in [-0.05, 0) is 60.3 Å². The van der Waals surface area contributed by atoms with E-state index in [1.807, 2.05) is 13.8 Å². The average Bonchev–Trinajstić information content (AvgIpc) is 2.27. The zero-order valence-electron chi connectivity index (χ0n) is 12.7. The molecular formula is C14H28N2O2. The average molecular weight is 256 g/mol. The number of piperidine rings is 1. The van der Waals surface area contributed by atoms with Crippen molar-refractivity contribution in [3.05, 3.63) is 0 Å². The molecule has 1 aliphatic rings. The SMILES string of the molecule is COC(=O)C(C)(C)C(C1CCCN(C)C1)N(C)C. The molecular weight excluding hydrogens is 228 g/mol. The molecule has 0 bridgehead atoms. The van der Waals surface area contributed by atoms with Crippen molar-refractivity contribution in [2.24, 2.45) is 11.3 Å². The van der Waals surface area contributed by atoms with Crippen LogP contribution in [0.4, 0.5) is 0 Å². The van der Waals surface area contributed by atoms with Gasteiger partial charge in [-0.3, -0.25) is 4.79 Å². The number of ether oxygens (including phenoxy) is 1. The second kappa shape index (κ2) is 6.02. The molecule has 0 aromatic rings. The maximum atomic E-state index is 12.0. The first-order valence-corrected chi connectivity index (χ1v) is 6.74. The van der Waals surface area contributed by atoms with Gasteiger partial charge in [0.05, 0.1) is 12.5 Å². The van der Waals surface area contributed by atoms with Crippen molar-refractivity contribution in [3.8, 4) is 0 Å². The second-order valence-electron chi connectivity index (χ2n) is 6.29. The molecule has 1 rings (SSSR count). The number of rotatable bonds is 4. The largest absolute Gasteiger partial charge is 0.469 e. The summed E-state index contributed by atoms with van der Waals surface area (Å²) in [6, 6.07) is 0.215. The topological polar surface area (TPSA) is 32.8 Å². The number of carbonyl (C=O) groups excluding carboxylic acids is 1. The molecule has 0 spiro atoms. The van der Waals surface area contributed by atoms with E-state index in [2.05, 4.69) is 30.9 Å². The predicted molar refractivity (Wildman–Crippen MR) is 73.5 cm³/mol. The van der Waals surface area contributed by atoms with Gasteiger partial charge in [0, 0.05) is 12.6 Å². The van der Waals surface area contributed by atoms with Gasteiger partial charge in [0.15, 0.2) is 0 Å². The summed E-state index contributed by atoms with van der Waals surface area (Å²) < 4.78 is 4.98. The highest BCUT2D eigenvalue weighted by atomic mass is 16.5. The molecule has 0 radical (unpaired) electrons. The van der Waals surface area contributed by atoms with Gasteiger partial charge < -0.3 is 14.5 Å². The first kappa shape index (κ1) is 15.4. The fourth-order valence-corrected chi connectivity index (χ4v) is 3.50. The lowest BCUT2D eigenvalue weighted by Gasteiger charge is -2.44. The van der Waals surface area contributed by atoms with Gasteiger partial charge in [-0.2, -0.15) is 0 Å². The van der Waals surface area contributed by atoms with Gasteiger partial charge in [-0.1, -0.05) is 0 Å². The predicted octanol–water partition coefficient (Wildman–Crippen LogP) is 1.46. The Balaban J connectivity index is 2.91. The molecule has 0 aliphatic carbocycles. The van der Waals surface area contributed by atoms with Crippen LogP contribution in [0.15, 0.2) is 0 Å². The van der Waals surface area contributed by atoms with Gasteiger partial charge >= 0.3 is 5.97 Å². The molecule has 4 heteroatoms. The standard InChI is InChI=1S/C14H28N2O2/c1-14(2,13(17)18-6)12(15(3)4)11-8-7-9-16(5)10-11/h11-12H,7-10H2,1-6H3. The fraction of sp³-hybridized carbons (Fsp3) is 0.929. The summed E-state index contributed by atoms with van der Waals surface area (Å²) >= 11 is 0. The molecule has 18 heavy (non-hydrogen) atoms. The normalized spacial score (nSPS) is 24.1. The van der Waals surface area contributed by atoms with Crippen LogP contribution in [0.5, 0.6) is 0 Å². The van der Waals surface area contributed by atoms with Crippen LogP contribution in [0.2, 0.25) is 0 Å². The number of hydrogen-bond donors (Lipinski definition) is 0. The quantitative estimate of drug-likeness (QED) is 0.713. The molecule has 0 aromatic carbocycles. The zero-order valence-corrected chi connectivity index (χ0v) is 12.7. The number of nitrogens with zero attached hydrogens (tertiary/aromatic N) is 2. The number of likely N-dealkylation sites (tertiary alicyclic amines) is 1. The van der Waals surface area contributed by atoms with Crippen molar-refractivity contribution in [2.45, 2.75) is 32.7 Å². The number of esters is 1. The van der Waals surface area contributed by atoms with E-state index < -0.39 is 5.41 Å². The summed E-state index contributed by atoms with van der Waals surface area (Å²) in [6.45, 7) is 6.22. The van der Waals surface area contributed by atoms with Crippen LogP contribution in [-0.2, 0) is 9.53 Å². The van der Waals surface area contributed by atoms with Crippen LogP contribution >= 0.6 is 0 Å². The molecule has 0 aromatic heterocycles. The molecule has 0 amide bonds. The lowest BCUT2D eigenvalue weighted by molar-refractivity contribution is -0.156. The zero-order chi connectivity index (χ0) is 13.9. The van der Waals surface area contributed by atoms with Gasteiger partial charge in [0.1, 0.15) is 0 Å². The maximum Gasteiger partial charge on any atom is 0.312 e. The summed E-state index contributed by atoms with van der Waals surface area (Å²) in [5.41, 5.74) is -0.471. The molecule has 2 atom stereocenters. The Morgan fingerprint density at radius 1 is 1.44 bits per heavy atom.